The fourth-order valence-corrected chi connectivity index (χ4v) is 2.44. The van der Waals surface area contributed by atoms with E-state index in [1.807, 2.05) is 6.07 Å². The van der Waals surface area contributed by atoms with E-state index in [1.54, 1.807) is 23.0 Å². The van der Waals surface area contributed by atoms with Crippen LogP contribution in [0.2, 0.25) is 0 Å². The van der Waals surface area contributed by atoms with Crippen LogP contribution in [0.25, 0.3) is 5.69 Å². The Labute approximate surface area is 105 Å². The zero-order valence-corrected chi connectivity index (χ0v) is 10.0. The SMILES string of the molecule is Fc1ccccc1-n1cnnc1C1CCNCC1. The average molecular weight is 246 g/mol. The molecule has 5 heteroatoms. The van der Waals surface area contributed by atoms with E-state index in [9.17, 15) is 4.39 Å². The first kappa shape index (κ1) is 11.3. The van der Waals surface area contributed by atoms with Gasteiger partial charge in [0.05, 0.1) is 5.69 Å². The Morgan fingerprint density at radius 1 is 1.22 bits per heavy atom. The van der Waals surface area contributed by atoms with Crippen LogP contribution in [0.1, 0.15) is 24.6 Å². The van der Waals surface area contributed by atoms with Crippen LogP contribution in [-0.2, 0) is 0 Å². The maximum atomic E-state index is 13.8. The first-order valence-corrected chi connectivity index (χ1v) is 6.22. The maximum Gasteiger partial charge on any atom is 0.147 e. The topological polar surface area (TPSA) is 42.7 Å². The Morgan fingerprint density at radius 2 is 2.00 bits per heavy atom. The Morgan fingerprint density at radius 3 is 2.78 bits per heavy atom. The summed E-state index contributed by atoms with van der Waals surface area (Å²) in [5.74, 6) is 0.974. The minimum Gasteiger partial charge on any atom is -0.317 e. The molecule has 0 unspecified atom stereocenters. The molecule has 1 aromatic carbocycles. The summed E-state index contributed by atoms with van der Waals surface area (Å²) in [6, 6.07) is 6.73. The van der Waals surface area contributed by atoms with E-state index in [1.165, 1.54) is 6.07 Å². The standard InChI is InChI=1S/C13H15FN4/c14-11-3-1-2-4-12(11)18-9-16-17-13(18)10-5-7-15-8-6-10/h1-4,9-10,15H,5-8H2. The Kier molecular flexibility index (Phi) is 3.06. The second kappa shape index (κ2) is 4.86. The van der Waals surface area contributed by atoms with Gasteiger partial charge < -0.3 is 5.32 Å². The highest BCUT2D eigenvalue weighted by Crippen LogP contribution is 2.26. The molecular weight excluding hydrogens is 231 g/mol. The van der Waals surface area contributed by atoms with Gasteiger partial charge >= 0.3 is 0 Å². The average Bonchev–Trinajstić information content (AvgIpc) is 2.89. The highest BCUT2D eigenvalue weighted by atomic mass is 19.1. The number of hydrogen-bond donors (Lipinski definition) is 1. The lowest BCUT2D eigenvalue weighted by atomic mass is 9.97. The summed E-state index contributed by atoms with van der Waals surface area (Å²) in [5, 5.41) is 11.4. The maximum absolute atomic E-state index is 13.8. The van der Waals surface area contributed by atoms with E-state index < -0.39 is 0 Å². The van der Waals surface area contributed by atoms with Crippen molar-refractivity contribution in [2.45, 2.75) is 18.8 Å². The highest BCUT2D eigenvalue weighted by molar-refractivity contribution is 5.34. The number of halogens is 1. The number of para-hydroxylation sites is 1. The van der Waals surface area contributed by atoms with Gasteiger partial charge in [-0.1, -0.05) is 12.1 Å². The van der Waals surface area contributed by atoms with Crippen molar-refractivity contribution < 1.29 is 4.39 Å². The Hall–Kier alpha value is -1.75. The zero-order valence-electron chi connectivity index (χ0n) is 10.0. The van der Waals surface area contributed by atoms with Crippen molar-refractivity contribution in [3.63, 3.8) is 0 Å². The van der Waals surface area contributed by atoms with Crippen LogP contribution in [0.3, 0.4) is 0 Å². The number of hydrogen-bond acceptors (Lipinski definition) is 3. The molecule has 2 aromatic rings. The molecule has 94 valence electrons. The number of piperidine rings is 1. The predicted molar refractivity (Wildman–Crippen MR) is 66.2 cm³/mol. The van der Waals surface area contributed by atoms with Crippen LogP contribution < -0.4 is 5.32 Å². The van der Waals surface area contributed by atoms with E-state index in [2.05, 4.69) is 15.5 Å². The van der Waals surface area contributed by atoms with E-state index in [0.717, 1.165) is 31.8 Å². The number of aromatic nitrogens is 3. The zero-order chi connectivity index (χ0) is 12.4. The van der Waals surface area contributed by atoms with E-state index >= 15 is 0 Å². The molecule has 18 heavy (non-hydrogen) atoms. The number of nitrogens with one attached hydrogen (secondary N) is 1. The van der Waals surface area contributed by atoms with Crippen LogP contribution in [0.4, 0.5) is 4.39 Å². The lowest BCUT2D eigenvalue weighted by Gasteiger charge is -2.22. The molecule has 0 atom stereocenters. The normalized spacial score (nSPS) is 16.9. The highest BCUT2D eigenvalue weighted by Gasteiger charge is 2.21. The van der Waals surface area contributed by atoms with Crippen LogP contribution in [0.15, 0.2) is 30.6 Å². The molecule has 1 saturated heterocycles. The lowest BCUT2D eigenvalue weighted by molar-refractivity contribution is 0.439. The second-order valence-electron chi connectivity index (χ2n) is 4.53. The molecule has 1 N–H and O–H groups in total. The van der Waals surface area contributed by atoms with Crippen molar-refractivity contribution >= 4 is 0 Å². The summed E-state index contributed by atoms with van der Waals surface area (Å²) in [5.41, 5.74) is 0.524. The fraction of sp³-hybridized carbons (Fsp3) is 0.385. The summed E-state index contributed by atoms with van der Waals surface area (Å²) >= 11 is 0. The quantitative estimate of drug-likeness (QED) is 0.879. The molecule has 0 spiro atoms. The Bertz CT molecular complexity index is 531. The van der Waals surface area contributed by atoms with Crippen molar-refractivity contribution in [2.75, 3.05) is 13.1 Å². The largest absolute Gasteiger partial charge is 0.317 e. The van der Waals surface area contributed by atoms with E-state index in [0.29, 0.717) is 11.6 Å². The smallest absolute Gasteiger partial charge is 0.147 e. The molecule has 0 amide bonds. The first-order valence-electron chi connectivity index (χ1n) is 6.22. The molecule has 0 bridgehead atoms. The third kappa shape index (κ3) is 2.01. The first-order chi connectivity index (χ1) is 8.86. The third-order valence-electron chi connectivity index (χ3n) is 3.39. The van der Waals surface area contributed by atoms with Gasteiger partial charge in [0, 0.05) is 5.92 Å². The van der Waals surface area contributed by atoms with Gasteiger partial charge in [-0.3, -0.25) is 4.57 Å². The van der Waals surface area contributed by atoms with E-state index in [4.69, 9.17) is 0 Å². The molecular formula is C13H15FN4. The minimum atomic E-state index is -0.243. The van der Waals surface area contributed by atoms with Crippen molar-refractivity contribution in [3.05, 3.63) is 42.2 Å². The fourth-order valence-electron chi connectivity index (χ4n) is 2.44. The lowest BCUT2D eigenvalue weighted by Crippen LogP contribution is -2.28. The van der Waals surface area contributed by atoms with Crippen molar-refractivity contribution in [3.8, 4) is 5.69 Å². The van der Waals surface area contributed by atoms with Gasteiger partial charge in [-0.15, -0.1) is 10.2 Å². The number of benzene rings is 1. The molecule has 1 fully saturated rings. The van der Waals surface area contributed by atoms with Crippen molar-refractivity contribution in [2.24, 2.45) is 0 Å². The molecule has 0 aliphatic carbocycles. The predicted octanol–water partition coefficient (Wildman–Crippen LogP) is 1.87. The molecule has 2 heterocycles. The van der Waals surface area contributed by atoms with Crippen molar-refractivity contribution in [1.82, 2.24) is 20.1 Å². The molecule has 0 radical (unpaired) electrons. The van der Waals surface area contributed by atoms with Crippen LogP contribution >= 0.6 is 0 Å². The number of nitrogens with zero attached hydrogens (tertiary/aromatic N) is 3. The van der Waals surface area contributed by atoms with Crippen LogP contribution in [0, 0.1) is 5.82 Å². The summed E-state index contributed by atoms with van der Waals surface area (Å²) < 4.78 is 15.6. The van der Waals surface area contributed by atoms with Gasteiger partial charge in [0.25, 0.3) is 0 Å². The van der Waals surface area contributed by atoms with Gasteiger partial charge in [-0.25, -0.2) is 4.39 Å². The van der Waals surface area contributed by atoms with Crippen LogP contribution in [-0.4, -0.2) is 27.9 Å². The Balaban J connectivity index is 1.98. The summed E-state index contributed by atoms with van der Waals surface area (Å²) in [6.45, 7) is 1.96. The minimum absolute atomic E-state index is 0.243. The van der Waals surface area contributed by atoms with Crippen molar-refractivity contribution in [1.29, 1.82) is 0 Å². The van der Waals surface area contributed by atoms with Gasteiger partial charge in [-0.05, 0) is 38.1 Å². The molecule has 1 aliphatic heterocycles. The summed E-state index contributed by atoms with van der Waals surface area (Å²) in [6.07, 6.45) is 3.63. The van der Waals surface area contributed by atoms with E-state index in [-0.39, 0.29) is 5.82 Å². The molecule has 3 rings (SSSR count). The monoisotopic (exact) mass is 246 g/mol. The molecule has 4 nitrogen and oxygen atoms in total. The molecule has 1 aromatic heterocycles. The number of rotatable bonds is 2. The van der Waals surface area contributed by atoms with Gasteiger partial charge in [0.1, 0.15) is 18.0 Å². The molecule has 0 saturated carbocycles. The summed E-state index contributed by atoms with van der Waals surface area (Å²) in [7, 11) is 0. The van der Waals surface area contributed by atoms with Gasteiger partial charge in [-0.2, -0.15) is 0 Å². The van der Waals surface area contributed by atoms with Crippen LogP contribution in [0.5, 0.6) is 0 Å². The third-order valence-corrected chi connectivity index (χ3v) is 3.39. The molecule has 1 aliphatic rings. The van der Waals surface area contributed by atoms with Gasteiger partial charge in [0.15, 0.2) is 0 Å². The summed E-state index contributed by atoms with van der Waals surface area (Å²) in [4.78, 5) is 0. The van der Waals surface area contributed by atoms with Gasteiger partial charge in [0.2, 0.25) is 0 Å². The second-order valence-corrected chi connectivity index (χ2v) is 4.53.